The van der Waals surface area contributed by atoms with E-state index in [0.717, 1.165) is 34.0 Å². The molecule has 12 heteroatoms. The number of methoxy groups -OCH3 is 1. The van der Waals surface area contributed by atoms with Crippen LogP contribution in [0.3, 0.4) is 0 Å². The van der Waals surface area contributed by atoms with E-state index in [1.807, 2.05) is 48.7 Å². The number of aryl methyl sites for hydroxylation is 2. The van der Waals surface area contributed by atoms with Crippen molar-refractivity contribution in [2.24, 2.45) is 0 Å². The standard InChI is InChI=1S/C24H25N5O5S2/c1-14-7-5-9-18(15(14)2)34-12-19-27-28-24(29(19)11-17-8-6-10-33-17)35-13-20(30)26-23-25-16(3)21(36-23)22(31)32-4/h5-10H,11-13H2,1-4H3,(H,25,26,30). The molecular weight excluding hydrogens is 502 g/mol. The van der Waals surface area contributed by atoms with Gasteiger partial charge in [0.1, 0.15) is 23.0 Å². The van der Waals surface area contributed by atoms with Gasteiger partial charge < -0.3 is 19.2 Å². The minimum Gasteiger partial charge on any atom is -0.485 e. The molecule has 3 aromatic heterocycles. The first-order valence-corrected chi connectivity index (χ1v) is 12.8. The molecule has 0 saturated carbocycles. The number of hydrogen-bond acceptors (Lipinski definition) is 10. The van der Waals surface area contributed by atoms with Crippen LogP contribution in [0.25, 0.3) is 0 Å². The summed E-state index contributed by atoms with van der Waals surface area (Å²) >= 11 is 2.30. The van der Waals surface area contributed by atoms with Gasteiger partial charge in [-0.2, -0.15) is 0 Å². The Kier molecular flexibility index (Phi) is 8.06. The van der Waals surface area contributed by atoms with E-state index in [4.69, 9.17) is 13.9 Å². The summed E-state index contributed by atoms with van der Waals surface area (Å²) in [6.45, 7) is 6.33. The van der Waals surface area contributed by atoms with Gasteiger partial charge in [-0.25, -0.2) is 9.78 Å². The van der Waals surface area contributed by atoms with Crippen LogP contribution in [-0.4, -0.2) is 44.5 Å². The Balaban J connectivity index is 1.45. The molecule has 4 aromatic rings. The fraction of sp³-hybridized carbons (Fsp3) is 0.292. The molecule has 4 rings (SSSR count). The number of nitrogens with zero attached hydrogens (tertiary/aromatic N) is 4. The highest BCUT2D eigenvalue weighted by Crippen LogP contribution is 2.25. The van der Waals surface area contributed by atoms with Crippen molar-refractivity contribution in [2.45, 2.75) is 39.1 Å². The maximum Gasteiger partial charge on any atom is 0.350 e. The average Bonchev–Trinajstić information content (AvgIpc) is 3.60. The molecule has 36 heavy (non-hydrogen) atoms. The fourth-order valence-corrected chi connectivity index (χ4v) is 4.95. The van der Waals surface area contributed by atoms with E-state index in [9.17, 15) is 9.59 Å². The third kappa shape index (κ3) is 5.94. The topological polar surface area (TPSA) is 121 Å². The molecule has 0 aliphatic rings. The highest BCUT2D eigenvalue weighted by molar-refractivity contribution is 7.99. The number of esters is 1. The van der Waals surface area contributed by atoms with Crippen molar-refractivity contribution in [2.75, 3.05) is 18.2 Å². The number of aromatic nitrogens is 4. The van der Waals surface area contributed by atoms with Crippen molar-refractivity contribution in [3.05, 3.63) is 69.9 Å². The SMILES string of the molecule is COC(=O)c1sc(NC(=O)CSc2nnc(COc3cccc(C)c3C)n2Cc2ccco2)nc1C. The van der Waals surface area contributed by atoms with Crippen molar-refractivity contribution >= 4 is 40.1 Å². The lowest BCUT2D eigenvalue weighted by Gasteiger charge is -2.12. The maximum absolute atomic E-state index is 12.6. The predicted octanol–water partition coefficient (Wildman–Crippen LogP) is 4.40. The third-order valence-corrected chi connectivity index (χ3v) is 7.36. The molecule has 188 valence electrons. The number of amides is 1. The van der Waals surface area contributed by atoms with Crippen LogP contribution in [-0.2, 0) is 22.7 Å². The van der Waals surface area contributed by atoms with Crippen LogP contribution in [0.5, 0.6) is 5.75 Å². The molecule has 1 amide bonds. The number of furan rings is 1. The van der Waals surface area contributed by atoms with Gasteiger partial charge in [0.25, 0.3) is 0 Å². The summed E-state index contributed by atoms with van der Waals surface area (Å²) in [4.78, 5) is 28.9. The Morgan fingerprint density at radius 3 is 2.75 bits per heavy atom. The summed E-state index contributed by atoms with van der Waals surface area (Å²) in [5.41, 5.74) is 2.70. The fourth-order valence-electron chi connectivity index (χ4n) is 3.29. The van der Waals surface area contributed by atoms with E-state index < -0.39 is 5.97 Å². The number of benzene rings is 1. The molecule has 3 heterocycles. The summed E-state index contributed by atoms with van der Waals surface area (Å²) in [6, 6.07) is 9.57. The van der Waals surface area contributed by atoms with Crippen molar-refractivity contribution in [3.8, 4) is 5.75 Å². The quantitative estimate of drug-likeness (QED) is 0.236. The lowest BCUT2D eigenvalue weighted by Crippen LogP contribution is -2.15. The Labute approximate surface area is 216 Å². The Morgan fingerprint density at radius 2 is 2.00 bits per heavy atom. The van der Waals surface area contributed by atoms with Gasteiger partial charge in [-0.3, -0.25) is 9.36 Å². The average molecular weight is 528 g/mol. The largest absolute Gasteiger partial charge is 0.485 e. The summed E-state index contributed by atoms with van der Waals surface area (Å²) in [7, 11) is 1.30. The van der Waals surface area contributed by atoms with Crippen LogP contribution in [0.1, 0.15) is 38.1 Å². The lowest BCUT2D eigenvalue weighted by atomic mass is 10.1. The molecule has 0 spiro atoms. The molecule has 0 saturated heterocycles. The number of hydrogen-bond donors (Lipinski definition) is 1. The molecular formula is C24H25N5O5S2. The monoisotopic (exact) mass is 527 g/mol. The molecule has 1 aromatic carbocycles. The first-order valence-electron chi connectivity index (χ1n) is 11.0. The highest BCUT2D eigenvalue weighted by Gasteiger charge is 2.19. The van der Waals surface area contributed by atoms with Crippen LogP contribution < -0.4 is 10.1 Å². The second-order valence-electron chi connectivity index (χ2n) is 7.81. The summed E-state index contributed by atoms with van der Waals surface area (Å²) in [6.07, 6.45) is 1.60. The first kappa shape index (κ1) is 25.5. The Morgan fingerprint density at radius 1 is 1.17 bits per heavy atom. The zero-order valence-electron chi connectivity index (χ0n) is 20.2. The number of carbonyl (C=O) groups is 2. The number of thioether (sulfide) groups is 1. The van der Waals surface area contributed by atoms with Gasteiger partial charge in [-0.15, -0.1) is 10.2 Å². The van der Waals surface area contributed by atoms with E-state index in [2.05, 4.69) is 20.5 Å². The third-order valence-electron chi connectivity index (χ3n) is 5.35. The second kappa shape index (κ2) is 11.4. The molecule has 0 bridgehead atoms. The van der Waals surface area contributed by atoms with Gasteiger partial charge in [0, 0.05) is 0 Å². The summed E-state index contributed by atoms with van der Waals surface area (Å²) < 4.78 is 18.2. The van der Waals surface area contributed by atoms with Crippen molar-refractivity contribution in [1.82, 2.24) is 19.7 Å². The van der Waals surface area contributed by atoms with Crippen LogP contribution in [0, 0.1) is 20.8 Å². The number of thiazole rings is 1. The first-order chi connectivity index (χ1) is 17.4. The van der Waals surface area contributed by atoms with Crippen LogP contribution in [0.15, 0.2) is 46.2 Å². The minimum absolute atomic E-state index is 0.0698. The number of nitrogens with one attached hydrogen (secondary N) is 1. The van der Waals surface area contributed by atoms with Crippen LogP contribution in [0.2, 0.25) is 0 Å². The van der Waals surface area contributed by atoms with E-state index in [1.54, 1.807) is 13.2 Å². The number of anilines is 1. The van der Waals surface area contributed by atoms with Gasteiger partial charge in [0.15, 0.2) is 16.1 Å². The maximum atomic E-state index is 12.6. The van der Waals surface area contributed by atoms with E-state index in [-0.39, 0.29) is 18.3 Å². The Bertz CT molecular complexity index is 1360. The van der Waals surface area contributed by atoms with Gasteiger partial charge in [-0.05, 0) is 50.1 Å². The number of carbonyl (C=O) groups excluding carboxylic acids is 2. The highest BCUT2D eigenvalue weighted by atomic mass is 32.2. The number of rotatable bonds is 10. The van der Waals surface area contributed by atoms with E-state index in [1.165, 1.54) is 18.9 Å². The van der Waals surface area contributed by atoms with Crippen molar-refractivity contribution in [3.63, 3.8) is 0 Å². The molecule has 0 fully saturated rings. The predicted molar refractivity (Wildman–Crippen MR) is 136 cm³/mol. The summed E-state index contributed by atoms with van der Waals surface area (Å²) in [5, 5.41) is 12.2. The molecule has 1 N–H and O–H groups in total. The summed E-state index contributed by atoms with van der Waals surface area (Å²) in [5.74, 6) is 1.41. The van der Waals surface area contributed by atoms with Crippen LogP contribution >= 0.6 is 23.1 Å². The van der Waals surface area contributed by atoms with Gasteiger partial charge in [0.05, 0.1) is 31.4 Å². The molecule has 0 aliphatic heterocycles. The van der Waals surface area contributed by atoms with E-state index in [0.29, 0.717) is 33.2 Å². The minimum atomic E-state index is -0.485. The van der Waals surface area contributed by atoms with Gasteiger partial charge in [-0.1, -0.05) is 35.2 Å². The van der Waals surface area contributed by atoms with Gasteiger partial charge >= 0.3 is 5.97 Å². The molecule has 0 radical (unpaired) electrons. The zero-order valence-corrected chi connectivity index (χ0v) is 21.9. The van der Waals surface area contributed by atoms with Crippen molar-refractivity contribution < 1.29 is 23.5 Å². The lowest BCUT2D eigenvalue weighted by molar-refractivity contribution is -0.113. The van der Waals surface area contributed by atoms with Gasteiger partial charge in [0.2, 0.25) is 5.91 Å². The molecule has 0 aliphatic carbocycles. The molecule has 0 unspecified atom stereocenters. The molecule has 0 atom stereocenters. The Hall–Kier alpha value is -3.64. The van der Waals surface area contributed by atoms with Crippen LogP contribution in [0.4, 0.5) is 5.13 Å². The number of ether oxygens (including phenoxy) is 2. The smallest absolute Gasteiger partial charge is 0.350 e. The zero-order chi connectivity index (χ0) is 25.7. The van der Waals surface area contributed by atoms with Crippen molar-refractivity contribution in [1.29, 1.82) is 0 Å². The molecule has 10 nitrogen and oxygen atoms in total. The normalized spacial score (nSPS) is 10.9. The van der Waals surface area contributed by atoms with E-state index >= 15 is 0 Å². The second-order valence-corrected chi connectivity index (χ2v) is 9.75.